The molecule has 2 saturated heterocycles. The van der Waals surface area contributed by atoms with Gasteiger partial charge < -0.3 is 4.90 Å². The van der Waals surface area contributed by atoms with E-state index in [0.29, 0.717) is 5.56 Å². The van der Waals surface area contributed by atoms with E-state index in [1.54, 1.807) is 24.3 Å². The largest absolute Gasteiger partial charge is 0.358 e. The maximum atomic E-state index is 13.8. The Labute approximate surface area is 200 Å². The molecule has 2 amide bonds. The molecule has 0 N–H and O–H groups in total. The van der Waals surface area contributed by atoms with Crippen molar-refractivity contribution in [3.63, 3.8) is 0 Å². The number of Topliss-reactive ketones (excluding diaryl/α,β-unsaturated/α-hetero) is 1. The molecule has 0 bridgehead atoms. The highest BCUT2D eigenvalue weighted by molar-refractivity contribution is 6.24. The van der Waals surface area contributed by atoms with Gasteiger partial charge in [-0.1, -0.05) is 54.6 Å². The lowest BCUT2D eigenvalue weighted by molar-refractivity contribution is -0.384. The van der Waals surface area contributed by atoms with Crippen LogP contribution in [0.5, 0.6) is 0 Å². The number of imide groups is 1. The molecule has 4 atom stereocenters. The normalized spacial score (nSPS) is 24.2. The van der Waals surface area contributed by atoms with Gasteiger partial charge in [0, 0.05) is 23.9 Å². The van der Waals surface area contributed by atoms with E-state index < -0.39 is 40.7 Å². The van der Waals surface area contributed by atoms with Crippen LogP contribution in [0, 0.1) is 22.0 Å². The second-order valence-corrected chi connectivity index (χ2v) is 8.85. The molecule has 3 aliphatic rings. The predicted octanol–water partition coefficient (Wildman–Crippen LogP) is 3.99. The lowest BCUT2D eigenvalue weighted by Gasteiger charge is -2.35. The number of nitro benzene ring substituents is 1. The Hall–Kier alpha value is -4.59. The summed E-state index contributed by atoms with van der Waals surface area (Å²) in [5.74, 6) is -2.74. The summed E-state index contributed by atoms with van der Waals surface area (Å²) in [4.78, 5) is 54.8. The molecule has 3 aromatic carbocycles. The topological polar surface area (TPSA) is 101 Å². The number of carbonyl (C=O) groups is 3. The minimum Gasteiger partial charge on any atom is -0.358 e. The van der Waals surface area contributed by atoms with Crippen molar-refractivity contribution >= 4 is 35.0 Å². The number of benzene rings is 3. The Morgan fingerprint density at radius 3 is 2.20 bits per heavy atom. The average molecular weight is 465 g/mol. The van der Waals surface area contributed by atoms with E-state index in [1.165, 1.54) is 24.3 Å². The highest BCUT2D eigenvalue weighted by Gasteiger charge is 2.64. The van der Waals surface area contributed by atoms with E-state index in [0.717, 1.165) is 16.0 Å². The van der Waals surface area contributed by atoms with E-state index in [4.69, 9.17) is 0 Å². The fourth-order valence-electron chi connectivity index (χ4n) is 5.61. The first-order valence-electron chi connectivity index (χ1n) is 11.2. The number of nitro groups is 1. The zero-order chi connectivity index (χ0) is 24.3. The van der Waals surface area contributed by atoms with Gasteiger partial charge in [-0.2, -0.15) is 0 Å². The minimum atomic E-state index is -0.883. The van der Waals surface area contributed by atoms with Crippen LogP contribution in [0.1, 0.15) is 27.5 Å². The van der Waals surface area contributed by atoms with Crippen LogP contribution in [0.15, 0.2) is 85.1 Å². The first kappa shape index (κ1) is 21.0. The maximum Gasteiger partial charge on any atom is 0.269 e. The van der Waals surface area contributed by atoms with E-state index in [9.17, 15) is 24.5 Å². The molecule has 0 unspecified atom stereocenters. The van der Waals surface area contributed by atoms with E-state index in [-0.39, 0.29) is 17.2 Å². The molecule has 0 spiro atoms. The third-order valence-corrected chi connectivity index (χ3v) is 7.11. The van der Waals surface area contributed by atoms with E-state index in [2.05, 4.69) is 0 Å². The van der Waals surface area contributed by atoms with Crippen molar-refractivity contribution in [2.24, 2.45) is 11.8 Å². The van der Waals surface area contributed by atoms with Gasteiger partial charge in [-0.05, 0) is 29.3 Å². The van der Waals surface area contributed by atoms with Crippen LogP contribution in [-0.4, -0.2) is 33.5 Å². The zero-order valence-electron chi connectivity index (χ0n) is 18.4. The monoisotopic (exact) mass is 465 g/mol. The molecular weight excluding hydrogens is 446 g/mol. The number of ketones is 1. The number of nitrogens with zero attached hydrogens (tertiary/aromatic N) is 3. The van der Waals surface area contributed by atoms with Crippen molar-refractivity contribution in [1.29, 1.82) is 0 Å². The quantitative estimate of drug-likeness (QED) is 0.250. The number of fused-ring (bicyclic) bond motifs is 5. The summed E-state index contributed by atoms with van der Waals surface area (Å²) in [6.07, 6.45) is 3.72. The number of amides is 2. The Kier molecular flexibility index (Phi) is 4.63. The SMILES string of the molecule is O=C(c1ccccc1)[C@@H]1[C@@H]2C(=O)N(c3ccc([N+](=O)[O-])cc3)C(=O)[C@@H]2[C@H]2c3ccccc3C=CN12. The summed E-state index contributed by atoms with van der Waals surface area (Å²) in [7, 11) is 0. The van der Waals surface area contributed by atoms with E-state index in [1.807, 2.05) is 47.5 Å². The van der Waals surface area contributed by atoms with Crippen LogP contribution < -0.4 is 4.90 Å². The Balaban J connectivity index is 1.47. The van der Waals surface area contributed by atoms with Crippen molar-refractivity contribution in [3.05, 3.63) is 112 Å². The summed E-state index contributed by atoms with van der Waals surface area (Å²) in [5, 5.41) is 11.1. The van der Waals surface area contributed by atoms with Crippen molar-refractivity contribution < 1.29 is 19.3 Å². The average Bonchev–Trinajstić information content (AvgIpc) is 3.36. The molecule has 3 aliphatic heterocycles. The van der Waals surface area contributed by atoms with Gasteiger partial charge in [0.1, 0.15) is 6.04 Å². The maximum absolute atomic E-state index is 13.8. The second-order valence-electron chi connectivity index (χ2n) is 8.85. The Bertz CT molecular complexity index is 1420. The number of carbonyl (C=O) groups excluding carboxylic acids is 3. The van der Waals surface area contributed by atoms with Crippen LogP contribution in [0.4, 0.5) is 11.4 Å². The van der Waals surface area contributed by atoms with Gasteiger partial charge in [-0.3, -0.25) is 24.5 Å². The number of hydrogen-bond acceptors (Lipinski definition) is 6. The molecule has 6 rings (SSSR count). The summed E-state index contributed by atoms with van der Waals surface area (Å²) in [5.41, 5.74) is 2.42. The molecule has 172 valence electrons. The second kappa shape index (κ2) is 7.73. The summed E-state index contributed by atoms with van der Waals surface area (Å²) in [6.45, 7) is 0. The van der Waals surface area contributed by atoms with E-state index >= 15 is 0 Å². The smallest absolute Gasteiger partial charge is 0.269 e. The number of hydrogen-bond donors (Lipinski definition) is 0. The molecule has 35 heavy (non-hydrogen) atoms. The summed E-state index contributed by atoms with van der Waals surface area (Å²) >= 11 is 0. The highest BCUT2D eigenvalue weighted by atomic mass is 16.6. The lowest BCUT2D eigenvalue weighted by Crippen LogP contribution is -2.44. The van der Waals surface area contributed by atoms with Crippen LogP contribution in [0.25, 0.3) is 6.08 Å². The van der Waals surface area contributed by atoms with Gasteiger partial charge in [0.05, 0.1) is 28.5 Å². The molecule has 8 heteroatoms. The Morgan fingerprint density at radius 2 is 1.49 bits per heavy atom. The fourth-order valence-corrected chi connectivity index (χ4v) is 5.61. The van der Waals surface area contributed by atoms with Crippen LogP contribution in [-0.2, 0) is 9.59 Å². The molecule has 0 radical (unpaired) electrons. The predicted molar refractivity (Wildman–Crippen MR) is 127 cm³/mol. The first-order valence-corrected chi connectivity index (χ1v) is 11.2. The number of non-ortho nitro benzene ring substituents is 1. The summed E-state index contributed by atoms with van der Waals surface area (Å²) in [6, 6.07) is 20.4. The molecule has 2 fully saturated rings. The molecule has 3 heterocycles. The van der Waals surface area contributed by atoms with Gasteiger partial charge in [-0.15, -0.1) is 0 Å². The van der Waals surface area contributed by atoms with Gasteiger partial charge >= 0.3 is 0 Å². The standard InChI is InChI=1S/C27H19N3O5/c31-25(17-7-2-1-3-8-17)24-22-21(23-20-9-5-4-6-16(20)14-15-28(23)24)26(32)29(27(22)33)18-10-12-19(13-11-18)30(34)35/h1-15,21-24H/t21-,22+,23+,24-/m0/s1. The highest BCUT2D eigenvalue weighted by Crippen LogP contribution is 2.53. The minimum absolute atomic E-state index is 0.136. The number of rotatable bonds is 4. The molecule has 8 nitrogen and oxygen atoms in total. The fraction of sp³-hybridized carbons (Fsp3) is 0.148. The molecule has 0 aromatic heterocycles. The van der Waals surface area contributed by atoms with Crippen LogP contribution in [0.2, 0.25) is 0 Å². The van der Waals surface area contributed by atoms with Crippen molar-refractivity contribution in [1.82, 2.24) is 4.90 Å². The lowest BCUT2D eigenvalue weighted by atomic mass is 9.83. The van der Waals surface area contributed by atoms with Crippen molar-refractivity contribution in [3.8, 4) is 0 Å². The number of anilines is 1. The third kappa shape index (κ3) is 3.03. The molecular formula is C27H19N3O5. The summed E-state index contributed by atoms with van der Waals surface area (Å²) < 4.78 is 0. The van der Waals surface area contributed by atoms with Crippen molar-refractivity contribution in [2.75, 3.05) is 4.90 Å². The van der Waals surface area contributed by atoms with Crippen LogP contribution >= 0.6 is 0 Å². The van der Waals surface area contributed by atoms with Gasteiger partial charge in [-0.25, -0.2) is 4.90 Å². The molecule has 0 saturated carbocycles. The third-order valence-electron chi connectivity index (χ3n) is 7.11. The Morgan fingerprint density at radius 1 is 0.829 bits per heavy atom. The molecule has 3 aromatic rings. The molecule has 0 aliphatic carbocycles. The van der Waals surface area contributed by atoms with Gasteiger partial charge in [0.2, 0.25) is 11.8 Å². The van der Waals surface area contributed by atoms with Crippen LogP contribution in [0.3, 0.4) is 0 Å². The first-order chi connectivity index (χ1) is 17.0. The van der Waals surface area contributed by atoms with Crippen molar-refractivity contribution in [2.45, 2.75) is 12.1 Å². The van der Waals surface area contributed by atoms with Gasteiger partial charge in [0.15, 0.2) is 5.78 Å². The zero-order valence-corrected chi connectivity index (χ0v) is 18.4. The van der Waals surface area contributed by atoms with Gasteiger partial charge in [0.25, 0.3) is 5.69 Å².